The molecule has 0 fully saturated rings. The standard InChI is InChI=1S/C14H13NO4/c1-7-4-10(6-11(9(7)3)14(18)19)15-12(16)5-8(2)13(15)17/h4-6H,1-3H3,(H,18,19). The van der Waals surface area contributed by atoms with E-state index in [4.69, 9.17) is 5.11 Å². The van der Waals surface area contributed by atoms with Crippen LogP contribution in [0, 0.1) is 13.8 Å². The van der Waals surface area contributed by atoms with Crippen LogP contribution >= 0.6 is 0 Å². The lowest BCUT2D eigenvalue weighted by Gasteiger charge is -2.17. The van der Waals surface area contributed by atoms with Crippen LogP contribution in [-0.2, 0) is 9.59 Å². The summed E-state index contributed by atoms with van der Waals surface area (Å²) in [5.74, 6) is -1.93. The number of anilines is 1. The Labute approximate surface area is 110 Å². The molecule has 19 heavy (non-hydrogen) atoms. The molecule has 5 nitrogen and oxygen atoms in total. The molecule has 5 heteroatoms. The van der Waals surface area contributed by atoms with Gasteiger partial charge >= 0.3 is 5.97 Å². The van der Waals surface area contributed by atoms with Crippen LogP contribution < -0.4 is 4.90 Å². The SMILES string of the molecule is CC1=CC(=O)N(c2cc(C)c(C)c(C(=O)O)c2)C1=O. The van der Waals surface area contributed by atoms with Crippen molar-refractivity contribution in [2.45, 2.75) is 20.8 Å². The highest BCUT2D eigenvalue weighted by molar-refractivity contribution is 6.30. The third-order valence-electron chi connectivity index (χ3n) is 3.24. The van der Waals surface area contributed by atoms with Crippen molar-refractivity contribution in [3.05, 3.63) is 40.5 Å². The van der Waals surface area contributed by atoms with Crippen LogP contribution in [0.2, 0.25) is 0 Å². The molecule has 0 spiro atoms. The summed E-state index contributed by atoms with van der Waals surface area (Å²) >= 11 is 0. The van der Waals surface area contributed by atoms with E-state index in [1.165, 1.54) is 12.1 Å². The summed E-state index contributed by atoms with van der Waals surface area (Å²) in [4.78, 5) is 35.8. The van der Waals surface area contributed by atoms with Crippen molar-refractivity contribution in [1.29, 1.82) is 0 Å². The topological polar surface area (TPSA) is 74.7 Å². The fourth-order valence-electron chi connectivity index (χ4n) is 2.02. The van der Waals surface area contributed by atoms with Crippen LogP contribution in [0.3, 0.4) is 0 Å². The molecule has 1 N–H and O–H groups in total. The highest BCUT2D eigenvalue weighted by Gasteiger charge is 2.30. The Morgan fingerprint density at radius 1 is 1.16 bits per heavy atom. The molecule has 0 unspecified atom stereocenters. The molecule has 0 atom stereocenters. The summed E-state index contributed by atoms with van der Waals surface area (Å²) in [6.07, 6.45) is 1.25. The predicted octanol–water partition coefficient (Wildman–Crippen LogP) is 1.82. The Hall–Kier alpha value is -2.43. The predicted molar refractivity (Wildman–Crippen MR) is 69.1 cm³/mol. The van der Waals surface area contributed by atoms with Crippen molar-refractivity contribution in [2.75, 3.05) is 4.90 Å². The minimum atomic E-state index is -1.08. The first-order chi connectivity index (χ1) is 8.82. The summed E-state index contributed by atoms with van der Waals surface area (Å²) in [6.45, 7) is 5.00. The van der Waals surface area contributed by atoms with Gasteiger partial charge in [0, 0.05) is 11.6 Å². The van der Waals surface area contributed by atoms with E-state index in [0.29, 0.717) is 16.8 Å². The largest absolute Gasteiger partial charge is 0.478 e. The fraction of sp³-hybridized carbons (Fsp3) is 0.214. The second kappa shape index (κ2) is 4.35. The van der Waals surface area contributed by atoms with Crippen molar-refractivity contribution >= 4 is 23.5 Å². The smallest absolute Gasteiger partial charge is 0.336 e. The number of hydrogen-bond donors (Lipinski definition) is 1. The third kappa shape index (κ3) is 2.03. The molecule has 1 aliphatic rings. The zero-order valence-corrected chi connectivity index (χ0v) is 10.9. The molecule has 1 aromatic carbocycles. The summed E-state index contributed by atoms with van der Waals surface area (Å²) in [5, 5.41) is 9.14. The second-order valence-electron chi connectivity index (χ2n) is 4.55. The molecule has 0 aliphatic carbocycles. The maximum absolute atomic E-state index is 11.9. The van der Waals surface area contributed by atoms with E-state index in [-0.39, 0.29) is 5.56 Å². The van der Waals surface area contributed by atoms with E-state index in [2.05, 4.69) is 0 Å². The van der Waals surface area contributed by atoms with Gasteiger partial charge in [-0.3, -0.25) is 9.59 Å². The third-order valence-corrected chi connectivity index (χ3v) is 3.24. The van der Waals surface area contributed by atoms with Crippen molar-refractivity contribution in [3.63, 3.8) is 0 Å². The molecule has 0 radical (unpaired) electrons. The Kier molecular flexibility index (Phi) is 2.98. The summed E-state index contributed by atoms with van der Waals surface area (Å²) in [5.41, 5.74) is 2.09. The highest BCUT2D eigenvalue weighted by Crippen LogP contribution is 2.27. The van der Waals surface area contributed by atoms with Crippen LogP contribution in [0.1, 0.15) is 28.4 Å². The Bertz CT molecular complexity index is 643. The Balaban J connectivity index is 2.57. The van der Waals surface area contributed by atoms with Gasteiger partial charge in [0.15, 0.2) is 0 Å². The molecule has 1 heterocycles. The first-order valence-corrected chi connectivity index (χ1v) is 5.74. The summed E-state index contributed by atoms with van der Waals surface area (Å²) in [7, 11) is 0. The lowest BCUT2D eigenvalue weighted by Crippen LogP contribution is -2.30. The molecule has 0 saturated carbocycles. The van der Waals surface area contributed by atoms with Gasteiger partial charge in [0.25, 0.3) is 11.8 Å². The Morgan fingerprint density at radius 2 is 1.79 bits per heavy atom. The van der Waals surface area contributed by atoms with Crippen molar-refractivity contribution < 1.29 is 19.5 Å². The summed E-state index contributed by atoms with van der Waals surface area (Å²) in [6, 6.07) is 3.00. The zero-order valence-electron chi connectivity index (χ0n) is 10.9. The number of carbonyl (C=O) groups excluding carboxylic acids is 2. The van der Waals surface area contributed by atoms with E-state index in [0.717, 1.165) is 10.5 Å². The number of amides is 2. The fourth-order valence-corrected chi connectivity index (χ4v) is 2.02. The van der Waals surface area contributed by atoms with Gasteiger partial charge in [-0.05, 0) is 44.0 Å². The summed E-state index contributed by atoms with van der Waals surface area (Å²) < 4.78 is 0. The van der Waals surface area contributed by atoms with E-state index < -0.39 is 17.8 Å². The van der Waals surface area contributed by atoms with Crippen LogP contribution in [0.4, 0.5) is 5.69 Å². The van der Waals surface area contributed by atoms with E-state index >= 15 is 0 Å². The van der Waals surface area contributed by atoms with Gasteiger partial charge < -0.3 is 5.11 Å². The number of carbonyl (C=O) groups is 3. The average Bonchev–Trinajstić information content (AvgIpc) is 2.56. The van der Waals surface area contributed by atoms with Gasteiger partial charge in [-0.25, -0.2) is 9.69 Å². The molecule has 1 aliphatic heterocycles. The second-order valence-corrected chi connectivity index (χ2v) is 4.55. The highest BCUT2D eigenvalue weighted by atomic mass is 16.4. The minimum Gasteiger partial charge on any atom is -0.478 e. The van der Waals surface area contributed by atoms with E-state index in [1.54, 1.807) is 26.8 Å². The van der Waals surface area contributed by atoms with Crippen LogP contribution in [0.15, 0.2) is 23.8 Å². The van der Waals surface area contributed by atoms with Gasteiger partial charge in [0.05, 0.1) is 11.3 Å². The maximum Gasteiger partial charge on any atom is 0.336 e. The number of hydrogen-bond acceptors (Lipinski definition) is 3. The monoisotopic (exact) mass is 259 g/mol. The van der Waals surface area contributed by atoms with Crippen LogP contribution in [0.5, 0.6) is 0 Å². The first-order valence-electron chi connectivity index (χ1n) is 5.74. The lowest BCUT2D eigenvalue weighted by molar-refractivity contribution is -0.120. The van der Waals surface area contributed by atoms with Gasteiger partial charge in [0.1, 0.15) is 0 Å². The van der Waals surface area contributed by atoms with Gasteiger partial charge in [0.2, 0.25) is 0 Å². The van der Waals surface area contributed by atoms with Crippen molar-refractivity contribution in [3.8, 4) is 0 Å². The number of carboxylic acids is 1. The molecular weight excluding hydrogens is 246 g/mol. The van der Waals surface area contributed by atoms with E-state index in [1.807, 2.05) is 0 Å². The van der Waals surface area contributed by atoms with Crippen LogP contribution in [-0.4, -0.2) is 22.9 Å². The molecule has 0 aromatic heterocycles. The van der Waals surface area contributed by atoms with Crippen LogP contribution in [0.25, 0.3) is 0 Å². The Morgan fingerprint density at radius 3 is 2.26 bits per heavy atom. The molecule has 2 rings (SSSR count). The van der Waals surface area contributed by atoms with Gasteiger partial charge in [-0.2, -0.15) is 0 Å². The molecule has 0 bridgehead atoms. The zero-order chi connectivity index (χ0) is 14.3. The quantitative estimate of drug-likeness (QED) is 0.822. The number of nitrogens with zero attached hydrogens (tertiary/aromatic N) is 1. The van der Waals surface area contributed by atoms with Crippen molar-refractivity contribution in [2.24, 2.45) is 0 Å². The first kappa shape index (κ1) is 13.0. The average molecular weight is 259 g/mol. The normalized spacial score (nSPS) is 14.9. The van der Waals surface area contributed by atoms with E-state index in [9.17, 15) is 14.4 Å². The number of rotatable bonds is 2. The molecule has 0 saturated heterocycles. The number of imide groups is 1. The minimum absolute atomic E-state index is 0.0974. The number of carboxylic acid groups (broad SMARTS) is 1. The number of aryl methyl sites for hydroxylation is 1. The van der Waals surface area contributed by atoms with Crippen molar-refractivity contribution in [1.82, 2.24) is 0 Å². The molecule has 98 valence electrons. The number of aromatic carboxylic acids is 1. The number of benzene rings is 1. The molecule has 1 aromatic rings. The van der Waals surface area contributed by atoms with Gasteiger partial charge in [-0.1, -0.05) is 0 Å². The van der Waals surface area contributed by atoms with Gasteiger partial charge in [-0.15, -0.1) is 0 Å². The molecule has 2 amide bonds. The molecular formula is C14H13NO4. The lowest BCUT2D eigenvalue weighted by atomic mass is 10.0. The maximum atomic E-state index is 11.9.